The van der Waals surface area contributed by atoms with Gasteiger partial charge in [-0.05, 0) is 30.5 Å². The van der Waals surface area contributed by atoms with Gasteiger partial charge in [0.2, 0.25) is 0 Å². The van der Waals surface area contributed by atoms with Crippen LogP contribution in [0.4, 0.5) is 18.9 Å². The number of carbonyl (C=O) groups excluding carboxylic acids is 1. The predicted molar refractivity (Wildman–Crippen MR) is 93.5 cm³/mol. The Morgan fingerprint density at radius 3 is 2.65 bits per heavy atom. The molecule has 1 heterocycles. The van der Waals surface area contributed by atoms with Gasteiger partial charge >= 0.3 is 6.18 Å². The van der Waals surface area contributed by atoms with Crippen LogP contribution in [0.15, 0.2) is 30.5 Å². The van der Waals surface area contributed by atoms with Gasteiger partial charge in [0, 0.05) is 23.5 Å². The molecule has 26 heavy (non-hydrogen) atoms. The average molecular weight is 387 g/mol. The molecule has 0 radical (unpaired) electrons. The van der Waals surface area contributed by atoms with Crippen LogP contribution in [0, 0.1) is 5.92 Å². The maximum Gasteiger partial charge on any atom is 0.417 e. The molecule has 8 heteroatoms. The molecule has 0 saturated heterocycles. The summed E-state index contributed by atoms with van der Waals surface area (Å²) in [5, 5.41) is 11.4. The van der Waals surface area contributed by atoms with Crippen molar-refractivity contribution in [1.82, 2.24) is 4.98 Å². The van der Waals surface area contributed by atoms with E-state index in [2.05, 4.69) is 17.2 Å². The van der Waals surface area contributed by atoms with Crippen LogP contribution in [0.3, 0.4) is 0 Å². The Morgan fingerprint density at radius 1 is 1.35 bits per heavy atom. The molecular formula is C18H18ClF3N2O2. The van der Waals surface area contributed by atoms with E-state index in [9.17, 15) is 23.1 Å². The summed E-state index contributed by atoms with van der Waals surface area (Å²) in [6.07, 6.45) is -1.60. The fourth-order valence-corrected chi connectivity index (χ4v) is 2.57. The number of aromatic hydroxyl groups is 1. The lowest BCUT2D eigenvalue weighted by molar-refractivity contribution is -0.137. The SMILES string of the molecule is CCC(C)Cc1cc(C(=O)Nc2cc(C(F)(F)F)c(Cl)cc2O)ccn1. The number of phenolic OH excluding ortho intramolecular Hbond substituents is 1. The molecule has 0 aliphatic heterocycles. The third-order valence-electron chi connectivity index (χ3n) is 3.97. The number of pyridine rings is 1. The van der Waals surface area contributed by atoms with E-state index in [1.54, 1.807) is 6.07 Å². The molecular weight excluding hydrogens is 369 g/mol. The highest BCUT2D eigenvalue weighted by Gasteiger charge is 2.34. The lowest BCUT2D eigenvalue weighted by Gasteiger charge is -2.14. The Bertz CT molecular complexity index is 810. The molecule has 1 amide bonds. The number of phenols is 1. The van der Waals surface area contributed by atoms with Crippen molar-refractivity contribution in [2.45, 2.75) is 32.9 Å². The van der Waals surface area contributed by atoms with Gasteiger partial charge in [0.25, 0.3) is 5.91 Å². The standard InChI is InChI=1S/C18H18ClF3N2O2/c1-3-10(2)6-12-7-11(4-5-23-12)17(26)24-15-8-13(18(20,21)22)14(19)9-16(15)25/h4-5,7-10,25H,3,6H2,1-2H3,(H,24,26). The minimum Gasteiger partial charge on any atom is -0.506 e. The minimum atomic E-state index is -4.70. The number of carbonyl (C=O) groups is 1. The van der Waals surface area contributed by atoms with Crippen molar-refractivity contribution in [1.29, 1.82) is 0 Å². The summed E-state index contributed by atoms with van der Waals surface area (Å²) in [5.74, 6) is -0.816. The quantitative estimate of drug-likeness (QED) is 0.685. The van der Waals surface area contributed by atoms with Crippen molar-refractivity contribution in [3.05, 3.63) is 52.3 Å². The van der Waals surface area contributed by atoms with Gasteiger partial charge in [-0.1, -0.05) is 31.9 Å². The number of nitrogens with zero attached hydrogens (tertiary/aromatic N) is 1. The van der Waals surface area contributed by atoms with E-state index in [0.717, 1.165) is 12.5 Å². The average Bonchev–Trinajstić information content (AvgIpc) is 2.56. The summed E-state index contributed by atoms with van der Waals surface area (Å²) in [6, 6.07) is 4.39. The van der Waals surface area contributed by atoms with E-state index in [1.807, 2.05) is 6.92 Å². The van der Waals surface area contributed by atoms with E-state index < -0.39 is 28.4 Å². The summed E-state index contributed by atoms with van der Waals surface area (Å²) in [7, 11) is 0. The van der Waals surface area contributed by atoms with Gasteiger partial charge < -0.3 is 10.4 Å². The highest BCUT2D eigenvalue weighted by atomic mass is 35.5. The lowest BCUT2D eigenvalue weighted by Crippen LogP contribution is -2.14. The first-order chi connectivity index (χ1) is 12.1. The van der Waals surface area contributed by atoms with Gasteiger partial charge in [-0.25, -0.2) is 0 Å². The summed E-state index contributed by atoms with van der Waals surface area (Å²) in [5.41, 5.74) is -0.559. The summed E-state index contributed by atoms with van der Waals surface area (Å²) < 4.78 is 38.8. The minimum absolute atomic E-state index is 0.237. The zero-order chi connectivity index (χ0) is 19.5. The zero-order valence-electron chi connectivity index (χ0n) is 14.2. The number of amides is 1. The third-order valence-corrected chi connectivity index (χ3v) is 4.28. The third kappa shape index (κ3) is 4.88. The molecule has 1 unspecified atom stereocenters. The number of halogens is 4. The van der Waals surface area contributed by atoms with Gasteiger partial charge in [0.15, 0.2) is 0 Å². The molecule has 2 rings (SSSR count). The van der Waals surface area contributed by atoms with E-state index in [0.29, 0.717) is 24.1 Å². The maximum absolute atomic E-state index is 12.9. The molecule has 1 aromatic carbocycles. The summed E-state index contributed by atoms with van der Waals surface area (Å²) in [4.78, 5) is 16.6. The maximum atomic E-state index is 12.9. The molecule has 4 nitrogen and oxygen atoms in total. The van der Waals surface area contributed by atoms with Crippen molar-refractivity contribution >= 4 is 23.2 Å². The Labute approximate surface area is 154 Å². The van der Waals surface area contributed by atoms with E-state index in [1.165, 1.54) is 12.3 Å². The van der Waals surface area contributed by atoms with Crippen LogP contribution in [-0.4, -0.2) is 16.0 Å². The van der Waals surface area contributed by atoms with Gasteiger partial charge in [0.05, 0.1) is 16.3 Å². The second kappa shape index (κ2) is 7.95. The van der Waals surface area contributed by atoms with Crippen LogP contribution >= 0.6 is 11.6 Å². The Morgan fingerprint density at radius 2 is 2.04 bits per heavy atom. The molecule has 1 aromatic heterocycles. The van der Waals surface area contributed by atoms with Crippen LogP contribution < -0.4 is 5.32 Å². The lowest BCUT2D eigenvalue weighted by atomic mass is 10.0. The van der Waals surface area contributed by atoms with Gasteiger partial charge in [-0.15, -0.1) is 0 Å². The van der Waals surface area contributed by atoms with Gasteiger partial charge in [0.1, 0.15) is 5.75 Å². The molecule has 0 aliphatic rings. The number of aromatic nitrogens is 1. The molecule has 140 valence electrons. The molecule has 2 N–H and O–H groups in total. The highest BCUT2D eigenvalue weighted by molar-refractivity contribution is 6.31. The van der Waals surface area contributed by atoms with E-state index >= 15 is 0 Å². The van der Waals surface area contributed by atoms with Crippen LogP contribution in [0.1, 0.15) is 41.9 Å². The number of rotatable bonds is 5. The Balaban J connectivity index is 2.26. The summed E-state index contributed by atoms with van der Waals surface area (Å²) >= 11 is 5.52. The Hall–Kier alpha value is -2.28. The molecule has 0 spiro atoms. The van der Waals surface area contributed by atoms with Crippen LogP contribution in [-0.2, 0) is 12.6 Å². The monoisotopic (exact) mass is 386 g/mol. The van der Waals surface area contributed by atoms with E-state index in [4.69, 9.17) is 11.6 Å². The van der Waals surface area contributed by atoms with Crippen molar-refractivity contribution in [3.63, 3.8) is 0 Å². The normalized spacial score (nSPS) is 12.7. The zero-order valence-corrected chi connectivity index (χ0v) is 14.9. The topological polar surface area (TPSA) is 62.2 Å². The second-order valence-corrected chi connectivity index (χ2v) is 6.46. The fourth-order valence-electron chi connectivity index (χ4n) is 2.31. The first-order valence-electron chi connectivity index (χ1n) is 7.97. The number of nitrogens with one attached hydrogen (secondary N) is 1. The first kappa shape index (κ1) is 20.0. The van der Waals surface area contributed by atoms with Gasteiger partial charge in [-0.3, -0.25) is 9.78 Å². The smallest absolute Gasteiger partial charge is 0.417 e. The molecule has 0 bridgehead atoms. The molecule has 0 fully saturated rings. The fraction of sp³-hybridized carbons (Fsp3) is 0.333. The summed E-state index contributed by atoms with van der Waals surface area (Å²) in [6.45, 7) is 4.10. The van der Waals surface area contributed by atoms with Crippen LogP contribution in [0.5, 0.6) is 5.75 Å². The van der Waals surface area contributed by atoms with Crippen LogP contribution in [0.25, 0.3) is 0 Å². The number of alkyl halides is 3. The van der Waals surface area contributed by atoms with Crippen molar-refractivity contribution < 1.29 is 23.1 Å². The Kier molecular flexibility index (Phi) is 6.13. The van der Waals surface area contributed by atoms with Crippen molar-refractivity contribution in [2.24, 2.45) is 5.92 Å². The number of hydrogen-bond acceptors (Lipinski definition) is 3. The molecule has 0 saturated carbocycles. The van der Waals surface area contributed by atoms with E-state index in [-0.39, 0.29) is 11.3 Å². The largest absolute Gasteiger partial charge is 0.506 e. The number of benzene rings is 1. The molecule has 2 aromatic rings. The number of hydrogen-bond donors (Lipinski definition) is 2. The van der Waals surface area contributed by atoms with Crippen LogP contribution in [0.2, 0.25) is 5.02 Å². The first-order valence-corrected chi connectivity index (χ1v) is 8.35. The molecule has 1 atom stereocenters. The van der Waals surface area contributed by atoms with Gasteiger partial charge in [-0.2, -0.15) is 13.2 Å². The molecule has 0 aliphatic carbocycles. The number of anilines is 1. The van der Waals surface area contributed by atoms with Crippen molar-refractivity contribution in [3.8, 4) is 5.75 Å². The predicted octanol–water partition coefficient (Wildman–Crippen LogP) is 5.30. The second-order valence-electron chi connectivity index (χ2n) is 6.05. The highest BCUT2D eigenvalue weighted by Crippen LogP contribution is 2.40. The van der Waals surface area contributed by atoms with Crippen molar-refractivity contribution in [2.75, 3.05) is 5.32 Å².